The molecule has 0 aromatic heterocycles. The molecule has 1 heterocycles. The molecule has 0 bridgehead atoms. The van der Waals surface area contributed by atoms with Gasteiger partial charge in [0.2, 0.25) is 5.91 Å². The maximum Gasteiger partial charge on any atom is 0.321 e. The van der Waals surface area contributed by atoms with Gasteiger partial charge in [-0.1, -0.05) is 0 Å². The van der Waals surface area contributed by atoms with Gasteiger partial charge in [-0.3, -0.25) is 14.5 Å². The summed E-state index contributed by atoms with van der Waals surface area (Å²) in [7, 11) is 0. The lowest BCUT2D eigenvalue weighted by Gasteiger charge is -2.31. The van der Waals surface area contributed by atoms with Crippen molar-refractivity contribution >= 4 is 23.6 Å². The highest BCUT2D eigenvalue weighted by atomic mass is 32.2. The minimum Gasteiger partial charge on any atom is -0.480 e. The monoisotopic (exact) mass is 304 g/mol. The molecule has 1 saturated heterocycles. The number of nitrogens with zero attached hydrogens (tertiary/aromatic N) is 1. The fourth-order valence-electron chi connectivity index (χ4n) is 1.91. The van der Waals surface area contributed by atoms with Crippen molar-refractivity contribution in [3.63, 3.8) is 0 Å². The molecule has 7 heteroatoms. The summed E-state index contributed by atoms with van der Waals surface area (Å²) in [6.45, 7) is 5.92. The van der Waals surface area contributed by atoms with E-state index in [1.807, 2.05) is 13.8 Å². The molecule has 1 fully saturated rings. The summed E-state index contributed by atoms with van der Waals surface area (Å²) in [5, 5.41) is 11.9. The SMILES string of the molecule is CC(C)OCCCNC(=O)CN1CCSCC1C(=O)O. The lowest BCUT2D eigenvalue weighted by atomic mass is 10.2. The molecule has 1 aliphatic heterocycles. The number of ether oxygens (including phenoxy) is 1. The topological polar surface area (TPSA) is 78.9 Å². The van der Waals surface area contributed by atoms with Crippen molar-refractivity contribution < 1.29 is 19.4 Å². The van der Waals surface area contributed by atoms with Crippen LogP contribution in [0.1, 0.15) is 20.3 Å². The lowest BCUT2D eigenvalue weighted by molar-refractivity contribution is -0.143. The number of thioether (sulfide) groups is 1. The summed E-state index contributed by atoms with van der Waals surface area (Å²) < 4.78 is 5.38. The van der Waals surface area contributed by atoms with Crippen LogP contribution < -0.4 is 5.32 Å². The van der Waals surface area contributed by atoms with Crippen molar-refractivity contribution in [2.75, 3.05) is 37.7 Å². The fraction of sp³-hybridized carbons (Fsp3) is 0.846. The van der Waals surface area contributed by atoms with Crippen LogP contribution in [0.5, 0.6) is 0 Å². The van der Waals surface area contributed by atoms with Crippen molar-refractivity contribution in [1.82, 2.24) is 10.2 Å². The van der Waals surface area contributed by atoms with E-state index in [0.717, 1.165) is 12.2 Å². The Kier molecular flexibility index (Phi) is 7.94. The molecule has 0 aliphatic carbocycles. The quantitative estimate of drug-likeness (QED) is 0.633. The summed E-state index contributed by atoms with van der Waals surface area (Å²) >= 11 is 1.62. The van der Waals surface area contributed by atoms with Crippen molar-refractivity contribution in [1.29, 1.82) is 0 Å². The van der Waals surface area contributed by atoms with Crippen LogP contribution in [-0.2, 0) is 14.3 Å². The second kappa shape index (κ2) is 9.20. The first kappa shape index (κ1) is 17.3. The first-order valence-electron chi connectivity index (χ1n) is 6.93. The van der Waals surface area contributed by atoms with Gasteiger partial charge >= 0.3 is 5.97 Å². The highest BCUT2D eigenvalue weighted by Crippen LogP contribution is 2.16. The van der Waals surface area contributed by atoms with Crippen LogP contribution in [0.25, 0.3) is 0 Å². The summed E-state index contributed by atoms with van der Waals surface area (Å²) in [5.41, 5.74) is 0. The Morgan fingerprint density at radius 2 is 2.25 bits per heavy atom. The van der Waals surface area contributed by atoms with Crippen LogP contribution >= 0.6 is 11.8 Å². The van der Waals surface area contributed by atoms with Crippen LogP contribution in [0.3, 0.4) is 0 Å². The van der Waals surface area contributed by atoms with Gasteiger partial charge in [0.25, 0.3) is 0 Å². The van der Waals surface area contributed by atoms with E-state index in [9.17, 15) is 9.59 Å². The zero-order valence-electron chi connectivity index (χ0n) is 12.1. The molecule has 1 unspecified atom stereocenters. The fourth-order valence-corrected chi connectivity index (χ4v) is 3.02. The van der Waals surface area contributed by atoms with Crippen LogP contribution in [0.4, 0.5) is 0 Å². The molecule has 2 N–H and O–H groups in total. The number of nitrogens with one attached hydrogen (secondary N) is 1. The number of amides is 1. The van der Waals surface area contributed by atoms with Crippen LogP contribution in [0.2, 0.25) is 0 Å². The Morgan fingerprint density at radius 1 is 1.50 bits per heavy atom. The van der Waals surface area contributed by atoms with Gasteiger partial charge < -0.3 is 15.2 Å². The van der Waals surface area contributed by atoms with Crippen LogP contribution in [0.15, 0.2) is 0 Å². The molecule has 0 aromatic rings. The molecule has 0 spiro atoms. The van der Waals surface area contributed by atoms with E-state index < -0.39 is 12.0 Å². The van der Waals surface area contributed by atoms with Crippen LogP contribution in [0, 0.1) is 0 Å². The van der Waals surface area contributed by atoms with Gasteiger partial charge in [0, 0.05) is 31.2 Å². The largest absolute Gasteiger partial charge is 0.480 e. The number of aliphatic carboxylic acids is 1. The summed E-state index contributed by atoms with van der Waals surface area (Å²) in [4.78, 5) is 24.6. The Bertz CT molecular complexity index is 325. The number of carbonyl (C=O) groups excluding carboxylic acids is 1. The number of hydrogen-bond donors (Lipinski definition) is 2. The first-order chi connectivity index (χ1) is 9.50. The van der Waals surface area contributed by atoms with Gasteiger partial charge in [0.05, 0.1) is 12.6 Å². The van der Waals surface area contributed by atoms with Crippen molar-refractivity contribution in [2.24, 2.45) is 0 Å². The minimum absolute atomic E-state index is 0.118. The molecule has 0 saturated carbocycles. The van der Waals surface area contributed by atoms with E-state index in [0.29, 0.717) is 25.4 Å². The highest BCUT2D eigenvalue weighted by Gasteiger charge is 2.29. The zero-order chi connectivity index (χ0) is 15.0. The van der Waals surface area contributed by atoms with Gasteiger partial charge in [0.1, 0.15) is 6.04 Å². The number of carbonyl (C=O) groups is 2. The summed E-state index contributed by atoms with van der Waals surface area (Å²) in [5.74, 6) is 0.451. The number of rotatable bonds is 8. The second-order valence-electron chi connectivity index (χ2n) is 5.02. The van der Waals surface area contributed by atoms with Crippen molar-refractivity contribution in [3.05, 3.63) is 0 Å². The van der Waals surface area contributed by atoms with E-state index in [1.54, 1.807) is 16.7 Å². The van der Waals surface area contributed by atoms with E-state index >= 15 is 0 Å². The Labute approximate surface area is 124 Å². The average Bonchev–Trinajstić information content (AvgIpc) is 2.38. The van der Waals surface area contributed by atoms with Crippen LogP contribution in [-0.4, -0.2) is 71.8 Å². The molecular formula is C13H24N2O4S. The third-order valence-corrected chi connectivity index (χ3v) is 3.99. The Morgan fingerprint density at radius 3 is 2.90 bits per heavy atom. The smallest absolute Gasteiger partial charge is 0.321 e. The maximum absolute atomic E-state index is 11.8. The molecular weight excluding hydrogens is 280 g/mol. The Balaban J connectivity index is 2.21. The van der Waals surface area contributed by atoms with Gasteiger partial charge in [-0.15, -0.1) is 0 Å². The van der Waals surface area contributed by atoms with E-state index in [-0.39, 0.29) is 18.6 Å². The summed E-state index contributed by atoms with van der Waals surface area (Å²) in [6, 6.07) is -0.552. The van der Waals surface area contributed by atoms with E-state index in [4.69, 9.17) is 9.84 Å². The van der Waals surface area contributed by atoms with Crippen molar-refractivity contribution in [2.45, 2.75) is 32.4 Å². The highest BCUT2D eigenvalue weighted by molar-refractivity contribution is 7.99. The Hall–Kier alpha value is -0.790. The third kappa shape index (κ3) is 6.58. The van der Waals surface area contributed by atoms with Gasteiger partial charge in [0.15, 0.2) is 0 Å². The van der Waals surface area contributed by atoms with Gasteiger partial charge in [-0.25, -0.2) is 0 Å². The predicted molar refractivity (Wildman–Crippen MR) is 79.0 cm³/mol. The number of hydrogen-bond acceptors (Lipinski definition) is 5. The molecule has 1 rings (SSSR count). The van der Waals surface area contributed by atoms with E-state index in [1.165, 1.54) is 0 Å². The molecule has 0 radical (unpaired) electrons. The standard InChI is InChI=1S/C13H24N2O4S/c1-10(2)19-6-3-4-14-12(16)8-15-5-7-20-9-11(15)13(17)18/h10-11H,3-9H2,1-2H3,(H,14,16)(H,17,18). The summed E-state index contributed by atoms with van der Waals surface area (Å²) in [6.07, 6.45) is 0.968. The normalized spacial score (nSPS) is 20.1. The van der Waals surface area contributed by atoms with Crippen molar-refractivity contribution in [3.8, 4) is 0 Å². The third-order valence-electron chi connectivity index (χ3n) is 2.97. The number of carboxylic acid groups (broad SMARTS) is 1. The molecule has 6 nitrogen and oxygen atoms in total. The average molecular weight is 304 g/mol. The van der Waals surface area contributed by atoms with E-state index in [2.05, 4.69) is 5.32 Å². The van der Waals surface area contributed by atoms with Gasteiger partial charge in [-0.2, -0.15) is 11.8 Å². The maximum atomic E-state index is 11.8. The molecule has 20 heavy (non-hydrogen) atoms. The number of carboxylic acids is 1. The molecule has 116 valence electrons. The first-order valence-corrected chi connectivity index (χ1v) is 8.09. The molecule has 1 amide bonds. The van der Waals surface area contributed by atoms with Gasteiger partial charge in [-0.05, 0) is 20.3 Å². The second-order valence-corrected chi connectivity index (χ2v) is 6.17. The molecule has 1 atom stereocenters. The zero-order valence-corrected chi connectivity index (χ0v) is 12.9. The predicted octanol–water partition coefficient (Wildman–Crippen LogP) is 0.420. The molecule has 0 aromatic carbocycles. The molecule has 1 aliphatic rings. The minimum atomic E-state index is -0.852. The lowest BCUT2D eigenvalue weighted by Crippen LogP contribution is -2.51.